The number of fused-ring (bicyclic) bond motifs is 1. The smallest absolute Gasteiger partial charge is 0.314 e. The monoisotopic (exact) mass is 354 g/mol. The summed E-state index contributed by atoms with van der Waals surface area (Å²) in [6.45, 7) is 1.78. The normalized spacial score (nSPS) is 17.4. The van der Waals surface area contributed by atoms with Gasteiger partial charge < -0.3 is 9.47 Å². The Morgan fingerprint density at radius 3 is 2.72 bits per heavy atom. The number of ether oxygens (including phenoxy) is 2. The summed E-state index contributed by atoms with van der Waals surface area (Å²) in [5.74, 6) is 0.645. The third-order valence-corrected chi connectivity index (χ3v) is 4.69. The lowest BCUT2D eigenvalue weighted by molar-refractivity contribution is -0.135. The lowest BCUT2D eigenvalue weighted by Crippen LogP contribution is -2.10. The molecule has 0 saturated heterocycles. The SMILES string of the molecule is Cc1c(OC(=O)C2CC2)ccc2c1O/C(=C\c1ccccc1Cl)C2=O. The van der Waals surface area contributed by atoms with Crippen molar-refractivity contribution in [1.29, 1.82) is 0 Å². The molecule has 4 nitrogen and oxygen atoms in total. The van der Waals surface area contributed by atoms with E-state index in [1.807, 2.05) is 18.2 Å². The molecular weight excluding hydrogens is 340 g/mol. The van der Waals surface area contributed by atoms with Crippen LogP contribution in [0.3, 0.4) is 0 Å². The molecule has 2 aliphatic rings. The van der Waals surface area contributed by atoms with Gasteiger partial charge in [0, 0.05) is 10.6 Å². The number of carbonyl (C=O) groups excluding carboxylic acids is 2. The van der Waals surface area contributed by atoms with Crippen LogP contribution >= 0.6 is 11.6 Å². The Morgan fingerprint density at radius 1 is 1.24 bits per heavy atom. The zero-order valence-electron chi connectivity index (χ0n) is 13.5. The van der Waals surface area contributed by atoms with Crippen LogP contribution in [0.5, 0.6) is 11.5 Å². The van der Waals surface area contributed by atoms with Gasteiger partial charge in [0.25, 0.3) is 0 Å². The van der Waals surface area contributed by atoms with E-state index in [9.17, 15) is 9.59 Å². The van der Waals surface area contributed by atoms with Gasteiger partial charge >= 0.3 is 5.97 Å². The van der Waals surface area contributed by atoms with Crippen LogP contribution in [-0.2, 0) is 4.79 Å². The zero-order chi connectivity index (χ0) is 17.6. The van der Waals surface area contributed by atoms with E-state index in [0.29, 0.717) is 33.2 Å². The minimum absolute atomic E-state index is 0.00545. The lowest BCUT2D eigenvalue weighted by atomic mass is 10.1. The standard InChI is InChI=1S/C20H15ClO4/c1-11-16(25-20(23)12-6-7-12)9-8-14-18(22)17(24-19(11)14)10-13-4-2-3-5-15(13)21/h2-5,8-10,12H,6-7H2,1H3/b17-10-. The first-order valence-electron chi connectivity index (χ1n) is 8.08. The van der Waals surface area contributed by atoms with Crippen molar-refractivity contribution in [1.82, 2.24) is 0 Å². The van der Waals surface area contributed by atoms with Crippen molar-refractivity contribution in [2.75, 3.05) is 0 Å². The number of hydrogen-bond donors (Lipinski definition) is 0. The van der Waals surface area contributed by atoms with Crippen LogP contribution in [0.2, 0.25) is 5.02 Å². The fourth-order valence-corrected chi connectivity index (χ4v) is 2.91. The van der Waals surface area contributed by atoms with E-state index in [4.69, 9.17) is 21.1 Å². The van der Waals surface area contributed by atoms with Gasteiger partial charge in [-0.2, -0.15) is 0 Å². The van der Waals surface area contributed by atoms with E-state index < -0.39 is 0 Å². The number of benzene rings is 2. The number of esters is 1. The second-order valence-corrected chi connectivity index (χ2v) is 6.63. The first kappa shape index (κ1) is 15.9. The maximum Gasteiger partial charge on any atom is 0.314 e. The average Bonchev–Trinajstić information content (AvgIpc) is 3.39. The van der Waals surface area contributed by atoms with E-state index in [1.54, 1.807) is 31.2 Å². The Bertz CT molecular complexity index is 925. The summed E-state index contributed by atoms with van der Waals surface area (Å²) in [7, 11) is 0. The summed E-state index contributed by atoms with van der Waals surface area (Å²) < 4.78 is 11.2. The Balaban J connectivity index is 1.66. The van der Waals surface area contributed by atoms with Crippen LogP contribution in [0.1, 0.15) is 34.3 Å². The topological polar surface area (TPSA) is 52.6 Å². The predicted octanol–water partition coefficient (Wildman–Crippen LogP) is 4.58. The maximum absolute atomic E-state index is 12.6. The van der Waals surface area contributed by atoms with Crippen LogP contribution in [0.15, 0.2) is 42.2 Å². The maximum atomic E-state index is 12.6. The van der Waals surface area contributed by atoms with Crippen molar-refractivity contribution in [3.8, 4) is 11.5 Å². The summed E-state index contributed by atoms with van der Waals surface area (Å²) in [5.41, 5.74) is 1.81. The number of hydrogen-bond acceptors (Lipinski definition) is 4. The molecule has 1 aliphatic heterocycles. The van der Waals surface area contributed by atoms with Crippen molar-refractivity contribution in [2.24, 2.45) is 5.92 Å². The van der Waals surface area contributed by atoms with Gasteiger partial charge in [-0.25, -0.2) is 0 Å². The van der Waals surface area contributed by atoms with E-state index in [2.05, 4.69) is 0 Å². The van der Waals surface area contributed by atoms with Crippen LogP contribution in [0, 0.1) is 12.8 Å². The Morgan fingerprint density at radius 2 is 2.00 bits per heavy atom. The van der Waals surface area contributed by atoms with Gasteiger partial charge in [-0.15, -0.1) is 0 Å². The molecular formula is C20H15ClO4. The third kappa shape index (κ3) is 2.94. The molecule has 126 valence electrons. The van der Waals surface area contributed by atoms with Crippen LogP contribution in [0.4, 0.5) is 0 Å². The third-order valence-electron chi connectivity index (χ3n) is 4.35. The molecule has 1 aliphatic carbocycles. The molecule has 4 rings (SSSR count). The molecule has 2 aromatic carbocycles. The van der Waals surface area contributed by atoms with Crippen molar-refractivity contribution in [3.05, 3.63) is 63.9 Å². The second-order valence-electron chi connectivity index (χ2n) is 6.22. The zero-order valence-corrected chi connectivity index (χ0v) is 14.3. The average molecular weight is 355 g/mol. The van der Waals surface area contributed by atoms with E-state index in [0.717, 1.165) is 12.8 Å². The summed E-state index contributed by atoms with van der Waals surface area (Å²) in [6, 6.07) is 10.5. The van der Waals surface area contributed by atoms with Gasteiger partial charge in [0.05, 0.1) is 11.5 Å². The van der Waals surface area contributed by atoms with Gasteiger partial charge in [0.2, 0.25) is 5.78 Å². The number of rotatable bonds is 3. The minimum atomic E-state index is -0.223. The van der Waals surface area contributed by atoms with Crippen molar-refractivity contribution < 1.29 is 19.1 Å². The number of Topliss-reactive ketones (excluding diaryl/α,β-unsaturated/α-hetero) is 1. The largest absolute Gasteiger partial charge is 0.452 e. The van der Waals surface area contributed by atoms with Crippen LogP contribution < -0.4 is 9.47 Å². The van der Waals surface area contributed by atoms with Gasteiger partial charge in [-0.3, -0.25) is 9.59 Å². The fraction of sp³-hybridized carbons (Fsp3) is 0.200. The van der Waals surface area contributed by atoms with E-state index in [-0.39, 0.29) is 23.4 Å². The number of ketones is 1. The molecule has 0 aromatic heterocycles. The second kappa shape index (κ2) is 6.05. The van der Waals surface area contributed by atoms with Crippen molar-refractivity contribution in [3.63, 3.8) is 0 Å². The highest BCUT2D eigenvalue weighted by molar-refractivity contribution is 6.32. The molecule has 25 heavy (non-hydrogen) atoms. The molecule has 1 heterocycles. The lowest BCUT2D eigenvalue weighted by Gasteiger charge is -2.09. The molecule has 5 heteroatoms. The summed E-state index contributed by atoms with van der Waals surface area (Å²) in [4.78, 5) is 24.5. The summed E-state index contributed by atoms with van der Waals surface area (Å²) >= 11 is 6.14. The number of halogens is 1. The van der Waals surface area contributed by atoms with Crippen LogP contribution in [-0.4, -0.2) is 11.8 Å². The Kier molecular flexibility index (Phi) is 3.85. The van der Waals surface area contributed by atoms with E-state index >= 15 is 0 Å². The molecule has 0 radical (unpaired) electrons. The van der Waals surface area contributed by atoms with Gasteiger partial charge in [-0.1, -0.05) is 29.8 Å². The van der Waals surface area contributed by atoms with Gasteiger partial charge in [0.1, 0.15) is 11.5 Å². The number of allylic oxidation sites excluding steroid dienone is 1. The first-order valence-corrected chi connectivity index (χ1v) is 8.46. The molecule has 0 atom stereocenters. The van der Waals surface area contributed by atoms with Crippen molar-refractivity contribution in [2.45, 2.75) is 19.8 Å². The molecule has 0 bridgehead atoms. The van der Waals surface area contributed by atoms with E-state index in [1.165, 1.54) is 0 Å². The Labute approximate surface area is 150 Å². The minimum Gasteiger partial charge on any atom is -0.452 e. The highest BCUT2D eigenvalue weighted by Crippen LogP contribution is 2.40. The molecule has 2 aromatic rings. The van der Waals surface area contributed by atoms with Gasteiger partial charge in [0.15, 0.2) is 5.76 Å². The predicted molar refractivity (Wildman–Crippen MR) is 93.9 cm³/mol. The fourth-order valence-electron chi connectivity index (χ4n) is 2.72. The molecule has 0 amide bonds. The quantitative estimate of drug-likeness (QED) is 0.460. The molecule has 0 N–H and O–H groups in total. The van der Waals surface area contributed by atoms with Crippen LogP contribution in [0.25, 0.3) is 6.08 Å². The molecule has 0 unspecified atom stereocenters. The summed E-state index contributed by atoms with van der Waals surface area (Å²) in [5, 5.41) is 0.540. The summed E-state index contributed by atoms with van der Waals surface area (Å²) in [6.07, 6.45) is 3.38. The number of carbonyl (C=O) groups is 2. The first-order chi connectivity index (χ1) is 12.0. The van der Waals surface area contributed by atoms with Crippen molar-refractivity contribution >= 4 is 29.4 Å². The Hall–Kier alpha value is -2.59. The highest BCUT2D eigenvalue weighted by Gasteiger charge is 2.34. The van der Waals surface area contributed by atoms with Gasteiger partial charge in [-0.05, 0) is 49.6 Å². The molecule has 1 saturated carbocycles. The molecule has 1 fully saturated rings. The molecule has 0 spiro atoms. The highest BCUT2D eigenvalue weighted by atomic mass is 35.5.